The molecule has 0 aliphatic heterocycles. The van der Waals surface area contributed by atoms with Crippen molar-refractivity contribution in [3.8, 4) is 0 Å². The van der Waals surface area contributed by atoms with Gasteiger partial charge in [-0.2, -0.15) is 0 Å². The summed E-state index contributed by atoms with van der Waals surface area (Å²) in [4.78, 5) is 10.2. The zero-order valence-corrected chi connectivity index (χ0v) is 8.66. The maximum atomic E-state index is 10.6. The minimum absolute atomic E-state index is 0.123. The topological polar surface area (TPSA) is 43.1 Å². The fourth-order valence-corrected chi connectivity index (χ4v) is 1.51. The molecule has 0 atom stereocenters. The molecule has 0 unspecified atom stereocenters. The van der Waals surface area contributed by atoms with E-state index < -0.39 is 0 Å². The Bertz CT molecular complexity index is 292. The third kappa shape index (κ3) is 3.14. The lowest BCUT2D eigenvalue weighted by Crippen LogP contribution is -1.96. The van der Waals surface area contributed by atoms with Gasteiger partial charge >= 0.3 is 0 Å². The van der Waals surface area contributed by atoms with E-state index in [9.17, 15) is 10.1 Å². The average molecular weight is 244 g/mol. The summed E-state index contributed by atoms with van der Waals surface area (Å²) in [6, 6.07) is 0. The van der Waals surface area contributed by atoms with Crippen molar-refractivity contribution in [2.75, 3.05) is 0 Å². The number of nitro groups is 1. The van der Waals surface area contributed by atoms with Crippen LogP contribution >= 0.6 is 15.9 Å². The van der Waals surface area contributed by atoms with Crippen LogP contribution in [0.5, 0.6) is 0 Å². The van der Waals surface area contributed by atoms with Crippen LogP contribution in [0.2, 0.25) is 0 Å². The molecule has 0 fully saturated rings. The zero-order chi connectivity index (χ0) is 9.68. The molecule has 0 aromatic rings. The summed E-state index contributed by atoms with van der Waals surface area (Å²) >= 11 is 3.17. The van der Waals surface area contributed by atoms with E-state index in [1.807, 2.05) is 12.2 Å². The SMILES string of the molecule is O=[N+]([O-])C1=C(Br)/C=C/CCC/C=C\1. The number of nitrogens with zero attached hydrogens (tertiary/aromatic N) is 1. The Hall–Kier alpha value is -0.900. The summed E-state index contributed by atoms with van der Waals surface area (Å²) in [5.41, 5.74) is 0.123. The van der Waals surface area contributed by atoms with Crippen LogP contribution in [0, 0.1) is 10.1 Å². The van der Waals surface area contributed by atoms with Gasteiger partial charge in [-0.15, -0.1) is 0 Å². The van der Waals surface area contributed by atoms with E-state index in [1.54, 1.807) is 12.2 Å². The van der Waals surface area contributed by atoms with Crippen molar-refractivity contribution >= 4 is 15.9 Å². The van der Waals surface area contributed by atoms with Gasteiger partial charge in [0.05, 0.1) is 9.41 Å². The van der Waals surface area contributed by atoms with Crippen LogP contribution in [0.3, 0.4) is 0 Å². The first-order valence-electron chi connectivity index (χ1n) is 4.09. The maximum absolute atomic E-state index is 10.6. The first-order valence-corrected chi connectivity index (χ1v) is 4.88. The first-order chi connectivity index (χ1) is 6.22. The fourth-order valence-electron chi connectivity index (χ4n) is 1.05. The highest BCUT2D eigenvalue weighted by atomic mass is 79.9. The van der Waals surface area contributed by atoms with Gasteiger partial charge in [-0.05, 0) is 41.3 Å². The Morgan fingerprint density at radius 1 is 1.31 bits per heavy atom. The van der Waals surface area contributed by atoms with Crippen molar-refractivity contribution in [1.29, 1.82) is 0 Å². The molecule has 0 saturated heterocycles. The van der Waals surface area contributed by atoms with Gasteiger partial charge in [0.15, 0.2) is 0 Å². The lowest BCUT2D eigenvalue weighted by Gasteiger charge is -1.92. The monoisotopic (exact) mass is 243 g/mol. The minimum atomic E-state index is -0.379. The Kier molecular flexibility index (Phi) is 3.89. The predicted molar refractivity (Wildman–Crippen MR) is 55.1 cm³/mol. The van der Waals surface area contributed by atoms with Crippen LogP contribution < -0.4 is 0 Å². The summed E-state index contributed by atoms with van der Waals surface area (Å²) in [6.07, 6.45) is 9.98. The Morgan fingerprint density at radius 3 is 2.54 bits per heavy atom. The molecule has 0 heterocycles. The molecule has 4 heteroatoms. The van der Waals surface area contributed by atoms with Crippen molar-refractivity contribution in [2.45, 2.75) is 19.3 Å². The Labute approximate surface area is 85.1 Å². The number of halogens is 1. The zero-order valence-electron chi connectivity index (χ0n) is 7.07. The summed E-state index contributed by atoms with van der Waals surface area (Å²) in [7, 11) is 0. The molecule has 0 aromatic carbocycles. The number of hydrogen-bond donors (Lipinski definition) is 0. The molecule has 1 aliphatic rings. The first kappa shape index (κ1) is 10.2. The quantitative estimate of drug-likeness (QED) is 0.525. The van der Waals surface area contributed by atoms with E-state index in [1.165, 1.54) is 0 Å². The van der Waals surface area contributed by atoms with Crippen LogP contribution in [0.15, 0.2) is 34.5 Å². The second kappa shape index (κ2) is 4.97. The molecular formula is C9H10BrNO2. The van der Waals surface area contributed by atoms with Crippen molar-refractivity contribution in [3.05, 3.63) is 44.6 Å². The Morgan fingerprint density at radius 2 is 1.92 bits per heavy atom. The van der Waals surface area contributed by atoms with Gasteiger partial charge in [-0.25, -0.2) is 0 Å². The third-order valence-corrected chi connectivity index (χ3v) is 2.39. The Balaban J connectivity index is 2.98. The van der Waals surface area contributed by atoms with Crippen molar-refractivity contribution < 1.29 is 4.92 Å². The molecule has 1 rings (SSSR count). The molecule has 0 spiro atoms. The molecule has 0 saturated carbocycles. The van der Waals surface area contributed by atoms with Crippen LogP contribution in [-0.4, -0.2) is 4.92 Å². The highest BCUT2D eigenvalue weighted by Gasteiger charge is 2.10. The standard InChI is InChI=1S/C9H10BrNO2/c10-8-6-4-2-1-3-5-7-9(8)11(12)13/h4-7H,1-3H2/b6-4+,7-5-,9-8-. The van der Waals surface area contributed by atoms with Gasteiger partial charge in [0.2, 0.25) is 0 Å². The summed E-state index contributed by atoms with van der Waals surface area (Å²) < 4.78 is 0.538. The largest absolute Gasteiger partial charge is 0.283 e. The van der Waals surface area contributed by atoms with Crippen LogP contribution in [0.1, 0.15) is 19.3 Å². The number of rotatable bonds is 1. The van der Waals surface area contributed by atoms with E-state index in [0.717, 1.165) is 19.3 Å². The lowest BCUT2D eigenvalue weighted by molar-refractivity contribution is -0.419. The van der Waals surface area contributed by atoms with Gasteiger partial charge in [0.1, 0.15) is 0 Å². The molecule has 0 N–H and O–H groups in total. The van der Waals surface area contributed by atoms with E-state index >= 15 is 0 Å². The average Bonchev–Trinajstić information content (AvgIpc) is 2.16. The van der Waals surface area contributed by atoms with E-state index in [0.29, 0.717) is 4.48 Å². The summed E-state index contributed by atoms with van der Waals surface area (Å²) in [6.45, 7) is 0. The fraction of sp³-hybridized carbons (Fsp3) is 0.333. The van der Waals surface area contributed by atoms with E-state index in [-0.39, 0.29) is 10.6 Å². The van der Waals surface area contributed by atoms with Crippen molar-refractivity contribution in [3.63, 3.8) is 0 Å². The molecule has 0 amide bonds. The van der Waals surface area contributed by atoms with E-state index in [4.69, 9.17) is 0 Å². The highest BCUT2D eigenvalue weighted by molar-refractivity contribution is 9.11. The minimum Gasteiger partial charge on any atom is -0.258 e. The van der Waals surface area contributed by atoms with Crippen molar-refractivity contribution in [1.82, 2.24) is 0 Å². The molecule has 3 nitrogen and oxygen atoms in total. The van der Waals surface area contributed by atoms with E-state index in [2.05, 4.69) is 15.9 Å². The number of hydrogen-bond acceptors (Lipinski definition) is 2. The lowest BCUT2D eigenvalue weighted by atomic mass is 10.2. The second-order valence-corrected chi connectivity index (χ2v) is 3.58. The van der Waals surface area contributed by atoms with Crippen LogP contribution in [0.25, 0.3) is 0 Å². The number of allylic oxidation sites excluding steroid dienone is 5. The van der Waals surface area contributed by atoms with Gasteiger partial charge in [-0.3, -0.25) is 10.1 Å². The molecule has 0 radical (unpaired) electrons. The predicted octanol–water partition coefficient (Wildman–Crippen LogP) is 3.17. The smallest absolute Gasteiger partial charge is 0.258 e. The normalized spacial score (nSPS) is 28.4. The maximum Gasteiger partial charge on any atom is 0.283 e. The molecule has 70 valence electrons. The van der Waals surface area contributed by atoms with Crippen LogP contribution in [0.4, 0.5) is 0 Å². The van der Waals surface area contributed by atoms with Crippen LogP contribution in [-0.2, 0) is 0 Å². The summed E-state index contributed by atoms with van der Waals surface area (Å²) in [5, 5.41) is 10.6. The van der Waals surface area contributed by atoms with Gasteiger partial charge in [0, 0.05) is 6.08 Å². The highest BCUT2D eigenvalue weighted by Crippen LogP contribution is 2.18. The second-order valence-electron chi connectivity index (χ2n) is 2.73. The molecule has 0 aromatic heterocycles. The van der Waals surface area contributed by atoms with Gasteiger partial charge in [-0.1, -0.05) is 12.2 Å². The van der Waals surface area contributed by atoms with Crippen molar-refractivity contribution in [2.24, 2.45) is 0 Å². The van der Waals surface area contributed by atoms with Gasteiger partial charge in [0.25, 0.3) is 5.70 Å². The summed E-state index contributed by atoms with van der Waals surface area (Å²) in [5.74, 6) is 0. The molecule has 0 bridgehead atoms. The third-order valence-electron chi connectivity index (χ3n) is 1.72. The molecule has 1 aliphatic carbocycles. The molecule has 13 heavy (non-hydrogen) atoms. The van der Waals surface area contributed by atoms with Gasteiger partial charge < -0.3 is 0 Å². The molecular weight excluding hydrogens is 234 g/mol.